The van der Waals surface area contributed by atoms with E-state index in [-0.39, 0.29) is 6.10 Å². The highest BCUT2D eigenvalue weighted by Gasteiger charge is 2.26. The smallest absolute Gasteiger partial charge is 0.160 e. The van der Waals surface area contributed by atoms with Crippen molar-refractivity contribution in [2.45, 2.75) is 19.4 Å². The summed E-state index contributed by atoms with van der Waals surface area (Å²) >= 11 is 0. The van der Waals surface area contributed by atoms with Gasteiger partial charge in [-0.15, -0.1) is 0 Å². The Morgan fingerprint density at radius 3 is 2.77 bits per heavy atom. The van der Waals surface area contributed by atoms with Gasteiger partial charge in [-0.3, -0.25) is 0 Å². The Kier molecular flexibility index (Phi) is 2.30. The molecule has 0 N–H and O–H groups in total. The number of benzene rings is 1. The third kappa shape index (κ3) is 1.57. The molecular weight excluding hydrogens is 162 g/mol. The Labute approximate surface area is 78.2 Å². The van der Waals surface area contributed by atoms with Crippen LogP contribution in [0.25, 0.3) is 0 Å². The fourth-order valence-electron chi connectivity index (χ4n) is 1.61. The van der Waals surface area contributed by atoms with Gasteiger partial charge in [0.2, 0.25) is 0 Å². The average Bonchev–Trinajstić information content (AvgIpc) is 2.67. The summed E-state index contributed by atoms with van der Waals surface area (Å²) in [6.45, 7) is 2.15. The van der Waals surface area contributed by atoms with Crippen LogP contribution in [0.2, 0.25) is 0 Å². The van der Waals surface area contributed by atoms with E-state index in [1.165, 1.54) is 5.56 Å². The van der Waals surface area contributed by atoms with Crippen molar-refractivity contribution in [2.24, 2.45) is 11.1 Å². The Morgan fingerprint density at radius 1 is 1.31 bits per heavy atom. The summed E-state index contributed by atoms with van der Waals surface area (Å²) in [5.74, 6) is 0.433. The van der Waals surface area contributed by atoms with E-state index in [0.29, 0.717) is 5.92 Å². The Hall–Kier alpha value is -1.31. The van der Waals surface area contributed by atoms with Crippen molar-refractivity contribution in [1.29, 1.82) is 0 Å². The van der Waals surface area contributed by atoms with Crippen LogP contribution in [-0.4, -0.2) is 6.21 Å². The van der Waals surface area contributed by atoms with Crippen molar-refractivity contribution in [3.8, 4) is 0 Å². The maximum Gasteiger partial charge on any atom is 0.160 e. The lowest BCUT2D eigenvalue weighted by Gasteiger charge is -2.14. The zero-order chi connectivity index (χ0) is 9.10. The topological polar surface area (TPSA) is 21.6 Å². The molecule has 68 valence electrons. The van der Waals surface area contributed by atoms with Gasteiger partial charge in [-0.1, -0.05) is 42.4 Å². The van der Waals surface area contributed by atoms with Gasteiger partial charge in [-0.25, -0.2) is 0 Å². The highest BCUT2D eigenvalue weighted by atomic mass is 16.6. The molecule has 2 rings (SSSR count). The summed E-state index contributed by atoms with van der Waals surface area (Å²) < 4.78 is 0. The summed E-state index contributed by atoms with van der Waals surface area (Å²) in [5, 5.41) is 3.87. The quantitative estimate of drug-likeness (QED) is 0.677. The van der Waals surface area contributed by atoms with Gasteiger partial charge in [0.05, 0.1) is 6.21 Å². The molecule has 0 spiro atoms. The van der Waals surface area contributed by atoms with Crippen LogP contribution in [0.1, 0.15) is 25.0 Å². The molecule has 2 unspecified atom stereocenters. The highest BCUT2D eigenvalue weighted by Crippen LogP contribution is 2.31. The van der Waals surface area contributed by atoms with Crippen molar-refractivity contribution in [3.05, 3.63) is 35.9 Å². The minimum absolute atomic E-state index is 0.131. The molecule has 0 aromatic heterocycles. The lowest BCUT2D eigenvalue weighted by atomic mass is 9.95. The van der Waals surface area contributed by atoms with E-state index >= 15 is 0 Å². The maximum absolute atomic E-state index is 5.31. The van der Waals surface area contributed by atoms with Crippen LogP contribution in [0, 0.1) is 5.92 Å². The normalized spacial score (nSPS) is 25.9. The second-order valence-corrected chi connectivity index (χ2v) is 3.26. The fourth-order valence-corrected chi connectivity index (χ4v) is 1.61. The van der Waals surface area contributed by atoms with E-state index in [2.05, 4.69) is 24.2 Å². The predicted molar refractivity (Wildman–Crippen MR) is 52.5 cm³/mol. The highest BCUT2D eigenvalue weighted by molar-refractivity contribution is 5.63. The molecule has 1 heterocycles. The van der Waals surface area contributed by atoms with E-state index < -0.39 is 0 Å². The number of oxime groups is 1. The summed E-state index contributed by atoms with van der Waals surface area (Å²) in [7, 11) is 0. The summed E-state index contributed by atoms with van der Waals surface area (Å²) in [6.07, 6.45) is 3.10. The lowest BCUT2D eigenvalue weighted by molar-refractivity contribution is 0.0605. The number of nitrogens with zero attached hydrogens (tertiary/aromatic N) is 1. The molecule has 1 aromatic rings. The van der Waals surface area contributed by atoms with Crippen molar-refractivity contribution in [1.82, 2.24) is 0 Å². The van der Waals surface area contributed by atoms with Gasteiger partial charge in [0.25, 0.3) is 0 Å². The average molecular weight is 175 g/mol. The van der Waals surface area contributed by atoms with Crippen molar-refractivity contribution in [3.63, 3.8) is 0 Å². The van der Waals surface area contributed by atoms with Gasteiger partial charge in [0.1, 0.15) is 0 Å². The molecule has 13 heavy (non-hydrogen) atoms. The van der Waals surface area contributed by atoms with Crippen LogP contribution < -0.4 is 0 Å². The second kappa shape index (κ2) is 3.60. The maximum atomic E-state index is 5.31. The molecule has 0 saturated heterocycles. The van der Waals surface area contributed by atoms with Gasteiger partial charge >= 0.3 is 0 Å². The van der Waals surface area contributed by atoms with E-state index in [1.54, 1.807) is 0 Å². The largest absolute Gasteiger partial charge is 0.387 e. The van der Waals surface area contributed by atoms with E-state index in [4.69, 9.17) is 4.84 Å². The molecule has 0 radical (unpaired) electrons. The van der Waals surface area contributed by atoms with Crippen molar-refractivity contribution < 1.29 is 4.84 Å². The molecule has 1 aromatic carbocycles. The molecule has 2 heteroatoms. The number of hydrogen-bond acceptors (Lipinski definition) is 2. The molecule has 0 amide bonds. The van der Waals surface area contributed by atoms with Crippen molar-refractivity contribution in [2.75, 3.05) is 0 Å². The first-order valence-corrected chi connectivity index (χ1v) is 4.66. The molecule has 1 aliphatic rings. The van der Waals surface area contributed by atoms with Crippen LogP contribution in [0.5, 0.6) is 0 Å². The van der Waals surface area contributed by atoms with E-state index in [1.807, 2.05) is 24.4 Å². The SMILES string of the molecule is CCC1C=NOC1c1ccccc1. The number of rotatable bonds is 2. The molecule has 1 aliphatic heterocycles. The Bertz CT molecular complexity index is 294. The van der Waals surface area contributed by atoms with Crippen LogP contribution >= 0.6 is 0 Å². The minimum Gasteiger partial charge on any atom is -0.387 e. The molecular formula is C11H13NO. The summed E-state index contributed by atoms with van der Waals surface area (Å²) in [5.41, 5.74) is 1.21. The van der Waals surface area contributed by atoms with Gasteiger partial charge in [-0.05, 0) is 12.0 Å². The summed E-state index contributed by atoms with van der Waals surface area (Å²) in [4.78, 5) is 5.31. The van der Waals surface area contributed by atoms with Crippen LogP contribution in [0.15, 0.2) is 35.5 Å². The van der Waals surface area contributed by atoms with Gasteiger partial charge < -0.3 is 4.84 Å². The Morgan fingerprint density at radius 2 is 2.08 bits per heavy atom. The molecule has 2 nitrogen and oxygen atoms in total. The lowest BCUT2D eigenvalue weighted by Crippen LogP contribution is -2.08. The third-order valence-corrected chi connectivity index (χ3v) is 2.42. The van der Waals surface area contributed by atoms with Crippen molar-refractivity contribution >= 4 is 6.21 Å². The molecule has 0 aliphatic carbocycles. The van der Waals surface area contributed by atoms with Crippen LogP contribution in [-0.2, 0) is 4.84 Å². The molecule has 0 fully saturated rings. The number of hydrogen-bond donors (Lipinski definition) is 0. The van der Waals surface area contributed by atoms with Gasteiger partial charge in [0, 0.05) is 5.92 Å². The molecule has 2 atom stereocenters. The second-order valence-electron chi connectivity index (χ2n) is 3.26. The first-order valence-electron chi connectivity index (χ1n) is 4.66. The predicted octanol–water partition coefficient (Wildman–Crippen LogP) is 2.77. The fraction of sp³-hybridized carbons (Fsp3) is 0.364. The standard InChI is InChI=1S/C11H13NO/c1-2-9-8-12-13-11(9)10-6-4-3-5-7-10/h3-9,11H,2H2,1H3. The molecule has 0 bridgehead atoms. The summed E-state index contributed by atoms with van der Waals surface area (Å²) in [6, 6.07) is 10.2. The Balaban J connectivity index is 2.18. The first-order chi connectivity index (χ1) is 6.42. The van der Waals surface area contributed by atoms with Gasteiger partial charge in [-0.2, -0.15) is 0 Å². The molecule has 0 saturated carbocycles. The first kappa shape index (κ1) is 8.30. The van der Waals surface area contributed by atoms with E-state index in [9.17, 15) is 0 Å². The van der Waals surface area contributed by atoms with Crippen LogP contribution in [0.3, 0.4) is 0 Å². The monoisotopic (exact) mass is 175 g/mol. The van der Waals surface area contributed by atoms with Crippen LogP contribution in [0.4, 0.5) is 0 Å². The third-order valence-electron chi connectivity index (χ3n) is 2.42. The zero-order valence-corrected chi connectivity index (χ0v) is 7.68. The zero-order valence-electron chi connectivity index (χ0n) is 7.68. The van der Waals surface area contributed by atoms with E-state index in [0.717, 1.165) is 6.42 Å². The van der Waals surface area contributed by atoms with Gasteiger partial charge in [0.15, 0.2) is 6.10 Å². The minimum atomic E-state index is 0.131.